The van der Waals surface area contributed by atoms with Crippen molar-refractivity contribution in [2.75, 3.05) is 6.61 Å². The summed E-state index contributed by atoms with van der Waals surface area (Å²) in [5.41, 5.74) is 1.39. The fourth-order valence-corrected chi connectivity index (χ4v) is 1.08. The van der Waals surface area contributed by atoms with E-state index in [4.69, 9.17) is 4.74 Å². The van der Waals surface area contributed by atoms with Gasteiger partial charge < -0.3 is 9.53 Å². The Bertz CT molecular complexity index is 227. The summed E-state index contributed by atoms with van der Waals surface area (Å²) in [4.78, 5) is 9.99. The zero-order valence-electron chi connectivity index (χ0n) is 10.1. The lowest BCUT2D eigenvalue weighted by Gasteiger charge is -2.12. The van der Waals surface area contributed by atoms with Crippen LogP contribution in [-0.2, 0) is 9.53 Å². The lowest BCUT2D eigenvalue weighted by atomic mass is 10.1. The lowest BCUT2D eigenvalue weighted by Crippen LogP contribution is -1.98. The van der Waals surface area contributed by atoms with E-state index in [0.29, 0.717) is 13.0 Å². The van der Waals surface area contributed by atoms with Crippen molar-refractivity contribution >= 4 is 6.29 Å². The van der Waals surface area contributed by atoms with E-state index in [2.05, 4.69) is 26.8 Å². The van der Waals surface area contributed by atoms with Gasteiger partial charge in [0.15, 0.2) is 0 Å². The van der Waals surface area contributed by atoms with E-state index >= 15 is 0 Å². The monoisotopic (exact) mass is 210 g/mol. The van der Waals surface area contributed by atoms with Crippen molar-refractivity contribution < 1.29 is 9.53 Å². The standard InChI is InChI=1S/C10H14O2.C3H8/c1-9-3-5-10(6-4-9)12-8-2-7-11;1-3-2/h3,5,7H,2,4,6,8H2,1H3;3H2,1-2H3. The van der Waals surface area contributed by atoms with Crippen LogP contribution in [0.15, 0.2) is 23.5 Å². The van der Waals surface area contributed by atoms with E-state index in [0.717, 1.165) is 24.9 Å². The predicted octanol–water partition coefficient (Wildman–Crippen LogP) is 3.63. The molecule has 2 heteroatoms. The first kappa shape index (κ1) is 13.9. The van der Waals surface area contributed by atoms with Gasteiger partial charge in [-0.1, -0.05) is 31.9 Å². The van der Waals surface area contributed by atoms with E-state index in [1.54, 1.807) is 0 Å². The molecule has 0 aromatic heterocycles. The number of hydrogen-bond acceptors (Lipinski definition) is 2. The smallest absolute Gasteiger partial charge is 0.123 e. The van der Waals surface area contributed by atoms with E-state index in [-0.39, 0.29) is 0 Å². The van der Waals surface area contributed by atoms with Crippen molar-refractivity contribution in [2.24, 2.45) is 0 Å². The zero-order chi connectivity index (χ0) is 11.5. The molecule has 0 fully saturated rings. The van der Waals surface area contributed by atoms with Gasteiger partial charge in [0.1, 0.15) is 6.29 Å². The molecule has 0 aromatic carbocycles. The maximum atomic E-state index is 9.99. The number of carbonyl (C=O) groups is 1. The SMILES string of the molecule is CC1=CC=C(OCCC=O)CC1.CCC. The van der Waals surface area contributed by atoms with E-state index in [1.807, 2.05) is 6.08 Å². The van der Waals surface area contributed by atoms with Crippen LogP contribution in [0.3, 0.4) is 0 Å². The van der Waals surface area contributed by atoms with Gasteiger partial charge in [0.25, 0.3) is 0 Å². The molecule has 1 aliphatic carbocycles. The van der Waals surface area contributed by atoms with Crippen molar-refractivity contribution in [3.8, 4) is 0 Å². The van der Waals surface area contributed by atoms with E-state index in [1.165, 1.54) is 12.0 Å². The number of allylic oxidation sites excluding steroid dienone is 4. The van der Waals surface area contributed by atoms with Crippen LogP contribution in [0.25, 0.3) is 0 Å². The minimum Gasteiger partial charge on any atom is -0.497 e. The third-order valence-electron chi connectivity index (χ3n) is 1.84. The minimum absolute atomic E-state index is 0.486. The van der Waals surface area contributed by atoms with Crippen LogP contribution in [0.5, 0.6) is 0 Å². The quantitative estimate of drug-likeness (QED) is 0.523. The minimum atomic E-state index is 0.486. The van der Waals surface area contributed by atoms with E-state index in [9.17, 15) is 4.79 Å². The Morgan fingerprint density at radius 3 is 2.47 bits per heavy atom. The van der Waals surface area contributed by atoms with Crippen molar-refractivity contribution in [1.82, 2.24) is 0 Å². The van der Waals surface area contributed by atoms with Crippen molar-refractivity contribution in [3.63, 3.8) is 0 Å². The van der Waals surface area contributed by atoms with Gasteiger partial charge in [-0.2, -0.15) is 0 Å². The fraction of sp³-hybridized carbons (Fsp3) is 0.615. The molecule has 0 aromatic rings. The van der Waals surface area contributed by atoms with Crippen LogP contribution in [0, 0.1) is 0 Å². The zero-order valence-corrected chi connectivity index (χ0v) is 10.1. The highest BCUT2D eigenvalue weighted by atomic mass is 16.5. The summed E-state index contributed by atoms with van der Waals surface area (Å²) >= 11 is 0. The summed E-state index contributed by atoms with van der Waals surface area (Å²) in [6.45, 7) is 6.88. The van der Waals surface area contributed by atoms with Crippen LogP contribution in [0.2, 0.25) is 0 Å². The number of aldehydes is 1. The van der Waals surface area contributed by atoms with Gasteiger partial charge in [-0.3, -0.25) is 0 Å². The Hall–Kier alpha value is -1.05. The fourth-order valence-electron chi connectivity index (χ4n) is 1.08. The van der Waals surface area contributed by atoms with Crippen molar-refractivity contribution in [3.05, 3.63) is 23.5 Å². The Labute approximate surface area is 93.0 Å². The molecule has 0 atom stereocenters. The number of hydrogen-bond donors (Lipinski definition) is 0. The molecule has 0 saturated heterocycles. The highest BCUT2D eigenvalue weighted by molar-refractivity contribution is 5.49. The summed E-state index contributed by atoms with van der Waals surface area (Å²) in [6, 6.07) is 0. The Kier molecular flexibility index (Phi) is 8.84. The Morgan fingerprint density at radius 2 is 2.00 bits per heavy atom. The molecule has 15 heavy (non-hydrogen) atoms. The molecule has 86 valence electrons. The highest BCUT2D eigenvalue weighted by Crippen LogP contribution is 2.18. The molecular formula is C13H22O2. The van der Waals surface area contributed by atoms with Crippen LogP contribution >= 0.6 is 0 Å². The van der Waals surface area contributed by atoms with Gasteiger partial charge in [0.05, 0.1) is 12.4 Å². The first-order chi connectivity index (χ1) is 7.24. The summed E-state index contributed by atoms with van der Waals surface area (Å²) in [7, 11) is 0. The maximum Gasteiger partial charge on any atom is 0.123 e. The maximum absolute atomic E-state index is 9.99. The van der Waals surface area contributed by atoms with Crippen LogP contribution in [-0.4, -0.2) is 12.9 Å². The second-order valence-electron chi connectivity index (χ2n) is 3.66. The molecule has 0 unspecified atom stereocenters. The molecule has 0 radical (unpaired) electrons. The average molecular weight is 210 g/mol. The van der Waals surface area contributed by atoms with Crippen LogP contribution in [0.4, 0.5) is 0 Å². The summed E-state index contributed by atoms with van der Waals surface area (Å²) < 4.78 is 5.36. The molecule has 0 aliphatic heterocycles. The number of carbonyl (C=O) groups excluding carboxylic acids is 1. The molecular weight excluding hydrogens is 188 g/mol. The molecule has 0 saturated carbocycles. The van der Waals surface area contributed by atoms with Crippen molar-refractivity contribution in [1.29, 1.82) is 0 Å². The predicted molar refractivity (Wildman–Crippen MR) is 63.7 cm³/mol. The summed E-state index contributed by atoms with van der Waals surface area (Å²) in [5.74, 6) is 1.00. The van der Waals surface area contributed by atoms with E-state index < -0.39 is 0 Å². The van der Waals surface area contributed by atoms with Crippen LogP contribution in [0.1, 0.15) is 46.5 Å². The van der Waals surface area contributed by atoms with Gasteiger partial charge in [-0.05, 0) is 19.4 Å². The first-order valence-electron chi connectivity index (χ1n) is 5.67. The van der Waals surface area contributed by atoms with Gasteiger partial charge >= 0.3 is 0 Å². The average Bonchev–Trinajstić information content (AvgIpc) is 2.23. The second kappa shape index (κ2) is 9.50. The molecule has 2 nitrogen and oxygen atoms in total. The molecule has 0 spiro atoms. The third-order valence-corrected chi connectivity index (χ3v) is 1.84. The Morgan fingerprint density at radius 1 is 1.33 bits per heavy atom. The van der Waals surface area contributed by atoms with Gasteiger partial charge in [-0.15, -0.1) is 0 Å². The first-order valence-corrected chi connectivity index (χ1v) is 5.67. The number of ether oxygens (including phenoxy) is 1. The number of rotatable bonds is 4. The van der Waals surface area contributed by atoms with Gasteiger partial charge in [-0.25, -0.2) is 0 Å². The molecule has 1 rings (SSSR count). The van der Waals surface area contributed by atoms with Gasteiger partial charge in [0.2, 0.25) is 0 Å². The van der Waals surface area contributed by atoms with Gasteiger partial charge in [0, 0.05) is 12.8 Å². The highest BCUT2D eigenvalue weighted by Gasteiger charge is 2.03. The Balaban J connectivity index is 0.000000583. The summed E-state index contributed by atoms with van der Waals surface area (Å²) in [5, 5.41) is 0. The molecule has 0 heterocycles. The van der Waals surface area contributed by atoms with Crippen LogP contribution < -0.4 is 0 Å². The largest absolute Gasteiger partial charge is 0.497 e. The molecule has 0 amide bonds. The third kappa shape index (κ3) is 7.98. The molecule has 0 bridgehead atoms. The topological polar surface area (TPSA) is 26.3 Å². The lowest BCUT2D eigenvalue weighted by molar-refractivity contribution is -0.108. The normalized spacial score (nSPS) is 14.3. The molecule has 1 aliphatic rings. The van der Waals surface area contributed by atoms with Crippen molar-refractivity contribution in [2.45, 2.75) is 46.5 Å². The molecule has 0 N–H and O–H groups in total. The summed E-state index contributed by atoms with van der Waals surface area (Å²) in [6.07, 6.45) is 8.72. The second-order valence-corrected chi connectivity index (χ2v) is 3.66.